The predicted molar refractivity (Wildman–Crippen MR) is 75.9 cm³/mol. The molecular formula is C15H18N4O. The van der Waals surface area contributed by atoms with Crippen molar-refractivity contribution in [3.05, 3.63) is 42.1 Å². The number of hydrogen-bond donors (Lipinski definition) is 1. The Morgan fingerprint density at radius 2 is 1.90 bits per heavy atom. The van der Waals surface area contributed by atoms with E-state index in [-0.39, 0.29) is 0 Å². The molecule has 2 aromatic heterocycles. The average Bonchev–Trinajstić information content (AvgIpc) is 2.51. The van der Waals surface area contributed by atoms with Crippen LogP contribution in [0.3, 0.4) is 0 Å². The number of ether oxygens (including phenoxy) is 1. The van der Waals surface area contributed by atoms with Crippen molar-refractivity contribution in [1.82, 2.24) is 20.3 Å². The van der Waals surface area contributed by atoms with E-state index in [1.165, 1.54) is 0 Å². The normalized spacial score (nSPS) is 16.1. The Morgan fingerprint density at radius 3 is 2.70 bits per heavy atom. The zero-order valence-corrected chi connectivity index (χ0v) is 11.5. The van der Waals surface area contributed by atoms with E-state index < -0.39 is 0 Å². The second-order valence-corrected chi connectivity index (χ2v) is 4.96. The summed E-state index contributed by atoms with van der Waals surface area (Å²) in [6.07, 6.45) is 7.31. The quantitative estimate of drug-likeness (QED) is 0.928. The van der Waals surface area contributed by atoms with Crippen LogP contribution in [0.5, 0.6) is 11.6 Å². The Kier molecular flexibility index (Phi) is 3.87. The van der Waals surface area contributed by atoms with Gasteiger partial charge in [0.05, 0.1) is 5.69 Å². The number of hydrogen-bond acceptors (Lipinski definition) is 5. The van der Waals surface area contributed by atoms with Crippen molar-refractivity contribution in [1.29, 1.82) is 0 Å². The number of aryl methyl sites for hydroxylation is 1. The number of piperidine rings is 1. The van der Waals surface area contributed by atoms with Gasteiger partial charge in [0.1, 0.15) is 5.69 Å². The summed E-state index contributed by atoms with van der Waals surface area (Å²) >= 11 is 0. The molecule has 20 heavy (non-hydrogen) atoms. The highest BCUT2D eigenvalue weighted by molar-refractivity contribution is 5.32. The first-order valence-corrected chi connectivity index (χ1v) is 6.95. The minimum Gasteiger partial charge on any atom is -0.435 e. The van der Waals surface area contributed by atoms with Gasteiger partial charge in [-0.2, -0.15) is 0 Å². The van der Waals surface area contributed by atoms with E-state index in [4.69, 9.17) is 4.74 Å². The lowest BCUT2D eigenvalue weighted by Gasteiger charge is -2.23. The van der Waals surface area contributed by atoms with Crippen LogP contribution in [-0.4, -0.2) is 28.0 Å². The zero-order valence-electron chi connectivity index (χ0n) is 11.5. The molecule has 0 aliphatic carbocycles. The summed E-state index contributed by atoms with van der Waals surface area (Å²) in [7, 11) is 0. The molecule has 0 aromatic carbocycles. The Labute approximate surface area is 118 Å². The predicted octanol–water partition coefficient (Wildman–Crippen LogP) is 2.44. The lowest BCUT2D eigenvalue weighted by molar-refractivity contribution is 0.407. The van der Waals surface area contributed by atoms with Crippen LogP contribution in [0.2, 0.25) is 0 Å². The van der Waals surface area contributed by atoms with E-state index in [0.717, 1.165) is 43.1 Å². The Bertz CT molecular complexity index is 582. The van der Waals surface area contributed by atoms with Gasteiger partial charge in [0.2, 0.25) is 5.88 Å². The molecular weight excluding hydrogens is 252 g/mol. The van der Waals surface area contributed by atoms with Gasteiger partial charge in [-0.05, 0) is 45.0 Å². The van der Waals surface area contributed by atoms with Gasteiger partial charge in [0, 0.05) is 24.5 Å². The van der Waals surface area contributed by atoms with Gasteiger partial charge in [-0.15, -0.1) is 0 Å². The Hall–Kier alpha value is -2.01. The molecule has 1 N–H and O–H groups in total. The summed E-state index contributed by atoms with van der Waals surface area (Å²) in [5, 5.41) is 3.36. The molecule has 5 nitrogen and oxygen atoms in total. The SMILES string of the molecule is Cc1ncccc1Oc1nccnc1C1CCNCC1. The van der Waals surface area contributed by atoms with Crippen molar-refractivity contribution in [3.63, 3.8) is 0 Å². The summed E-state index contributed by atoms with van der Waals surface area (Å²) in [4.78, 5) is 13.1. The molecule has 2 aromatic rings. The molecule has 1 fully saturated rings. The molecule has 3 rings (SSSR count). The maximum atomic E-state index is 5.94. The summed E-state index contributed by atoms with van der Waals surface area (Å²) in [5.41, 5.74) is 1.81. The average molecular weight is 270 g/mol. The molecule has 0 spiro atoms. The third-order valence-corrected chi connectivity index (χ3v) is 3.58. The van der Waals surface area contributed by atoms with Gasteiger partial charge in [0.25, 0.3) is 0 Å². The van der Waals surface area contributed by atoms with Crippen molar-refractivity contribution >= 4 is 0 Å². The molecule has 1 aliphatic rings. The first-order chi connectivity index (χ1) is 9.84. The van der Waals surface area contributed by atoms with Gasteiger partial charge in [-0.3, -0.25) is 9.97 Å². The van der Waals surface area contributed by atoms with Crippen LogP contribution >= 0.6 is 0 Å². The molecule has 0 saturated carbocycles. The topological polar surface area (TPSA) is 59.9 Å². The Balaban J connectivity index is 1.88. The lowest BCUT2D eigenvalue weighted by atomic mass is 9.94. The van der Waals surface area contributed by atoms with Crippen LogP contribution in [0.15, 0.2) is 30.7 Å². The molecule has 0 bridgehead atoms. The van der Waals surface area contributed by atoms with Crippen molar-refractivity contribution in [2.24, 2.45) is 0 Å². The van der Waals surface area contributed by atoms with E-state index >= 15 is 0 Å². The number of nitrogens with zero attached hydrogens (tertiary/aromatic N) is 3. The van der Waals surface area contributed by atoms with Crippen LogP contribution < -0.4 is 10.1 Å². The maximum absolute atomic E-state index is 5.94. The maximum Gasteiger partial charge on any atom is 0.241 e. The number of nitrogens with one attached hydrogen (secondary N) is 1. The van der Waals surface area contributed by atoms with Crippen LogP contribution in [0.25, 0.3) is 0 Å². The molecule has 1 saturated heterocycles. The second kappa shape index (κ2) is 5.96. The van der Waals surface area contributed by atoms with Crippen LogP contribution in [-0.2, 0) is 0 Å². The van der Waals surface area contributed by atoms with E-state index in [1.807, 2.05) is 19.1 Å². The molecule has 5 heteroatoms. The first kappa shape index (κ1) is 13.0. The highest BCUT2D eigenvalue weighted by Gasteiger charge is 2.21. The lowest BCUT2D eigenvalue weighted by Crippen LogP contribution is -2.27. The fraction of sp³-hybridized carbons (Fsp3) is 0.400. The third kappa shape index (κ3) is 2.77. The van der Waals surface area contributed by atoms with Gasteiger partial charge in [0.15, 0.2) is 5.75 Å². The molecule has 1 aliphatic heterocycles. The van der Waals surface area contributed by atoms with Crippen molar-refractivity contribution < 1.29 is 4.74 Å². The van der Waals surface area contributed by atoms with Crippen LogP contribution in [0.4, 0.5) is 0 Å². The third-order valence-electron chi connectivity index (χ3n) is 3.58. The number of rotatable bonds is 3. The van der Waals surface area contributed by atoms with Gasteiger partial charge in [-0.25, -0.2) is 4.98 Å². The van der Waals surface area contributed by atoms with Crippen molar-refractivity contribution in [2.75, 3.05) is 13.1 Å². The number of aromatic nitrogens is 3. The number of pyridine rings is 1. The second-order valence-electron chi connectivity index (χ2n) is 4.96. The standard InChI is InChI=1S/C15H18N4O/c1-11-13(3-2-6-17-11)20-15-14(18-9-10-19-15)12-4-7-16-8-5-12/h2-3,6,9-10,12,16H,4-5,7-8H2,1H3. The zero-order chi connectivity index (χ0) is 13.8. The molecule has 0 radical (unpaired) electrons. The monoisotopic (exact) mass is 270 g/mol. The van der Waals surface area contributed by atoms with E-state index in [9.17, 15) is 0 Å². The van der Waals surface area contributed by atoms with Gasteiger partial charge in [-0.1, -0.05) is 0 Å². The van der Waals surface area contributed by atoms with Gasteiger partial charge < -0.3 is 10.1 Å². The fourth-order valence-electron chi connectivity index (χ4n) is 2.47. The van der Waals surface area contributed by atoms with E-state index in [1.54, 1.807) is 18.6 Å². The summed E-state index contributed by atoms with van der Waals surface area (Å²) in [5.74, 6) is 1.76. The summed E-state index contributed by atoms with van der Waals surface area (Å²) in [6, 6.07) is 3.77. The summed E-state index contributed by atoms with van der Waals surface area (Å²) < 4.78 is 5.94. The molecule has 104 valence electrons. The highest BCUT2D eigenvalue weighted by Crippen LogP contribution is 2.32. The van der Waals surface area contributed by atoms with Crippen LogP contribution in [0.1, 0.15) is 30.1 Å². The fourth-order valence-corrected chi connectivity index (χ4v) is 2.47. The molecule has 3 heterocycles. The highest BCUT2D eigenvalue weighted by atomic mass is 16.5. The van der Waals surface area contributed by atoms with Crippen molar-refractivity contribution in [2.45, 2.75) is 25.7 Å². The largest absolute Gasteiger partial charge is 0.435 e. The van der Waals surface area contributed by atoms with Gasteiger partial charge >= 0.3 is 0 Å². The van der Waals surface area contributed by atoms with E-state index in [0.29, 0.717) is 11.8 Å². The molecule has 0 atom stereocenters. The van der Waals surface area contributed by atoms with Crippen molar-refractivity contribution in [3.8, 4) is 11.6 Å². The molecule has 0 unspecified atom stereocenters. The summed E-state index contributed by atoms with van der Waals surface area (Å²) in [6.45, 7) is 3.97. The minimum atomic E-state index is 0.414. The van der Waals surface area contributed by atoms with E-state index in [2.05, 4.69) is 20.3 Å². The minimum absolute atomic E-state index is 0.414. The first-order valence-electron chi connectivity index (χ1n) is 6.95. The smallest absolute Gasteiger partial charge is 0.241 e. The Morgan fingerprint density at radius 1 is 1.10 bits per heavy atom. The molecule has 0 amide bonds. The van der Waals surface area contributed by atoms with Crippen LogP contribution in [0, 0.1) is 6.92 Å².